The maximum atomic E-state index is 12.0. The molecule has 0 atom stereocenters. The van der Waals surface area contributed by atoms with Crippen molar-refractivity contribution in [1.29, 1.82) is 0 Å². The number of halogens is 1. The lowest BCUT2D eigenvalue weighted by Gasteiger charge is -2.15. The maximum Gasteiger partial charge on any atom is 0.243 e. The Morgan fingerprint density at radius 3 is 2.21 bits per heavy atom. The van der Waals surface area contributed by atoms with Gasteiger partial charge >= 0.3 is 0 Å². The number of hydrogen-bond donors (Lipinski definition) is 2. The Bertz CT molecular complexity index is 696. The molecular formula is C17H19ClN2O4. The van der Waals surface area contributed by atoms with Crippen LogP contribution in [0.4, 0.5) is 11.4 Å². The van der Waals surface area contributed by atoms with Crippen LogP contribution in [0.3, 0.4) is 0 Å². The van der Waals surface area contributed by atoms with Crippen LogP contribution in [-0.4, -0.2) is 33.8 Å². The fraction of sp³-hybridized carbons (Fsp3) is 0.235. The summed E-state index contributed by atoms with van der Waals surface area (Å²) in [5.74, 6) is 1.31. The predicted octanol–water partition coefficient (Wildman–Crippen LogP) is 3.42. The SMILES string of the molecule is COc1cc(NCC(=O)Nc2cccc(Cl)c2)cc(OC)c1OC. The lowest BCUT2D eigenvalue weighted by atomic mass is 10.2. The van der Waals surface area contributed by atoms with Crippen molar-refractivity contribution in [1.82, 2.24) is 0 Å². The van der Waals surface area contributed by atoms with Gasteiger partial charge in [0, 0.05) is 28.5 Å². The van der Waals surface area contributed by atoms with Gasteiger partial charge in [0.25, 0.3) is 0 Å². The van der Waals surface area contributed by atoms with E-state index in [1.165, 1.54) is 21.3 Å². The summed E-state index contributed by atoms with van der Waals surface area (Å²) in [5, 5.41) is 6.34. The molecule has 0 spiro atoms. The lowest BCUT2D eigenvalue weighted by Crippen LogP contribution is -2.21. The van der Waals surface area contributed by atoms with E-state index in [1.807, 2.05) is 0 Å². The zero-order chi connectivity index (χ0) is 17.5. The normalized spacial score (nSPS) is 10.0. The zero-order valence-corrected chi connectivity index (χ0v) is 14.4. The second-order valence-corrected chi connectivity index (χ2v) is 5.26. The molecule has 24 heavy (non-hydrogen) atoms. The number of hydrogen-bond acceptors (Lipinski definition) is 5. The van der Waals surface area contributed by atoms with Gasteiger partial charge in [-0.25, -0.2) is 0 Å². The van der Waals surface area contributed by atoms with Crippen LogP contribution >= 0.6 is 11.6 Å². The molecule has 6 nitrogen and oxygen atoms in total. The van der Waals surface area contributed by atoms with Crippen LogP contribution in [0.2, 0.25) is 5.02 Å². The molecule has 0 saturated heterocycles. The smallest absolute Gasteiger partial charge is 0.243 e. The van der Waals surface area contributed by atoms with Gasteiger partial charge in [0.15, 0.2) is 11.5 Å². The quantitative estimate of drug-likeness (QED) is 0.800. The van der Waals surface area contributed by atoms with E-state index in [-0.39, 0.29) is 12.5 Å². The molecule has 0 aliphatic rings. The van der Waals surface area contributed by atoms with Crippen molar-refractivity contribution in [2.45, 2.75) is 0 Å². The molecule has 2 rings (SSSR count). The summed E-state index contributed by atoms with van der Waals surface area (Å²) in [5.41, 5.74) is 1.31. The van der Waals surface area contributed by atoms with Crippen LogP contribution in [0.15, 0.2) is 36.4 Å². The molecule has 7 heteroatoms. The van der Waals surface area contributed by atoms with Crippen molar-refractivity contribution in [3.05, 3.63) is 41.4 Å². The highest BCUT2D eigenvalue weighted by Gasteiger charge is 2.13. The van der Waals surface area contributed by atoms with E-state index in [9.17, 15) is 4.79 Å². The highest BCUT2D eigenvalue weighted by Crippen LogP contribution is 2.39. The average Bonchev–Trinajstić information content (AvgIpc) is 2.58. The Labute approximate surface area is 145 Å². The summed E-state index contributed by atoms with van der Waals surface area (Å²) in [6, 6.07) is 10.4. The number of nitrogens with one attached hydrogen (secondary N) is 2. The van der Waals surface area contributed by atoms with Crippen LogP contribution in [-0.2, 0) is 4.79 Å². The molecule has 2 aromatic carbocycles. The molecule has 0 radical (unpaired) electrons. The summed E-state index contributed by atoms with van der Waals surface area (Å²) in [7, 11) is 4.60. The van der Waals surface area contributed by atoms with Gasteiger partial charge in [-0.3, -0.25) is 4.79 Å². The van der Waals surface area contributed by atoms with E-state index in [1.54, 1.807) is 36.4 Å². The van der Waals surface area contributed by atoms with Gasteiger partial charge in [-0.05, 0) is 18.2 Å². The first-order valence-electron chi connectivity index (χ1n) is 7.16. The maximum absolute atomic E-state index is 12.0. The summed E-state index contributed by atoms with van der Waals surface area (Å²) in [6.07, 6.45) is 0. The van der Waals surface area contributed by atoms with Gasteiger partial charge < -0.3 is 24.8 Å². The van der Waals surface area contributed by atoms with Crippen LogP contribution < -0.4 is 24.8 Å². The van der Waals surface area contributed by atoms with Gasteiger partial charge in [0.05, 0.1) is 27.9 Å². The van der Waals surface area contributed by atoms with Crippen molar-refractivity contribution < 1.29 is 19.0 Å². The number of methoxy groups -OCH3 is 3. The minimum atomic E-state index is -0.203. The molecule has 128 valence electrons. The Balaban J connectivity index is 2.04. The number of anilines is 2. The minimum Gasteiger partial charge on any atom is -0.493 e. The number of carbonyl (C=O) groups is 1. The lowest BCUT2D eigenvalue weighted by molar-refractivity contribution is -0.114. The van der Waals surface area contributed by atoms with E-state index in [0.717, 1.165) is 0 Å². The molecule has 2 N–H and O–H groups in total. The van der Waals surface area contributed by atoms with Gasteiger partial charge in [-0.15, -0.1) is 0 Å². The van der Waals surface area contributed by atoms with E-state index in [4.69, 9.17) is 25.8 Å². The third-order valence-electron chi connectivity index (χ3n) is 3.23. The van der Waals surface area contributed by atoms with Crippen LogP contribution in [0.5, 0.6) is 17.2 Å². The Morgan fingerprint density at radius 2 is 1.67 bits per heavy atom. The van der Waals surface area contributed by atoms with Crippen molar-refractivity contribution in [2.24, 2.45) is 0 Å². The van der Waals surface area contributed by atoms with E-state index >= 15 is 0 Å². The largest absolute Gasteiger partial charge is 0.493 e. The zero-order valence-electron chi connectivity index (χ0n) is 13.7. The Kier molecular flexibility index (Phi) is 6.14. The van der Waals surface area contributed by atoms with Crippen molar-refractivity contribution >= 4 is 28.9 Å². The van der Waals surface area contributed by atoms with Crippen LogP contribution in [0, 0.1) is 0 Å². The summed E-state index contributed by atoms with van der Waals surface area (Å²) in [6.45, 7) is 0.0746. The predicted molar refractivity (Wildman–Crippen MR) is 94.7 cm³/mol. The van der Waals surface area contributed by atoms with Gasteiger partial charge in [-0.2, -0.15) is 0 Å². The Hall–Kier alpha value is -2.60. The fourth-order valence-corrected chi connectivity index (χ4v) is 2.33. The number of carbonyl (C=O) groups excluding carboxylic acids is 1. The number of benzene rings is 2. The average molecular weight is 351 g/mol. The highest BCUT2D eigenvalue weighted by molar-refractivity contribution is 6.30. The molecule has 2 aromatic rings. The van der Waals surface area contributed by atoms with Crippen LogP contribution in [0.1, 0.15) is 0 Å². The monoisotopic (exact) mass is 350 g/mol. The molecule has 1 amide bonds. The molecule has 0 heterocycles. The van der Waals surface area contributed by atoms with Crippen molar-refractivity contribution in [3.8, 4) is 17.2 Å². The first-order valence-corrected chi connectivity index (χ1v) is 7.54. The summed E-state index contributed by atoms with van der Waals surface area (Å²) < 4.78 is 15.8. The molecule has 0 aliphatic heterocycles. The van der Waals surface area contributed by atoms with Gasteiger partial charge in [0.1, 0.15) is 0 Å². The van der Waals surface area contributed by atoms with Gasteiger partial charge in [0.2, 0.25) is 11.7 Å². The molecular weight excluding hydrogens is 332 g/mol. The van der Waals surface area contributed by atoms with E-state index < -0.39 is 0 Å². The first-order chi connectivity index (χ1) is 11.6. The molecule has 0 aromatic heterocycles. The third-order valence-corrected chi connectivity index (χ3v) is 3.46. The minimum absolute atomic E-state index is 0.0746. The van der Waals surface area contributed by atoms with E-state index in [0.29, 0.717) is 33.6 Å². The number of ether oxygens (including phenoxy) is 3. The molecule has 0 aliphatic carbocycles. The Morgan fingerprint density at radius 1 is 1.00 bits per heavy atom. The number of amides is 1. The van der Waals surface area contributed by atoms with E-state index in [2.05, 4.69) is 10.6 Å². The van der Waals surface area contributed by atoms with Gasteiger partial charge in [-0.1, -0.05) is 17.7 Å². The molecule has 0 saturated carbocycles. The molecule has 0 fully saturated rings. The number of rotatable bonds is 7. The van der Waals surface area contributed by atoms with Crippen LogP contribution in [0.25, 0.3) is 0 Å². The molecule has 0 unspecified atom stereocenters. The molecule has 0 bridgehead atoms. The fourth-order valence-electron chi connectivity index (χ4n) is 2.14. The van der Waals surface area contributed by atoms with Crippen molar-refractivity contribution in [2.75, 3.05) is 38.5 Å². The summed E-state index contributed by atoms with van der Waals surface area (Å²) >= 11 is 5.89. The standard InChI is InChI=1S/C17H19ClN2O4/c1-22-14-8-13(9-15(23-2)17(14)24-3)19-10-16(21)20-12-6-4-5-11(18)7-12/h4-9,19H,10H2,1-3H3,(H,20,21). The topological polar surface area (TPSA) is 68.8 Å². The second kappa shape index (κ2) is 8.31. The van der Waals surface area contributed by atoms with Crippen molar-refractivity contribution in [3.63, 3.8) is 0 Å². The summed E-state index contributed by atoms with van der Waals surface area (Å²) in [4.78, 5) is 12.0. The second-order valence-electron chi connectivity index (χ2n) is 4.83. The highest BCUT2D eigenvalue weighted by atomic mass is 35.5. The third kappa shape index (κ3) is 4.45. The first kappa shape index (κ1) is 17.7.